The number of nitrogens with zero attached hydrogens (tertiary/aromatic N) is 1. The third kappa shape index (κ3) is 2.71. The molecule has 0 spiro atoms. The standard InChI is InChI=1S/C18H29NO/c1-5-12-19(13-6-2)17-11-10-14-15(18(17,3)4)8-7-9-16(14)20/h7-9,17,20H,5-6,10-13H2,1-4H3/t17-/m0/s1. The van der Waals surface area contributed by atoms with Crippen LogP contribution in [0.4, 0.5) is 0 Å². The van der Waals surface area contributed by atoms with Crippen molar-refractivity contribution in [1.82, 2.24) is 4.90 Å². The maximum atomic E-state index is 10.1. The first-order chi connectivity index (χ1) is 9.52. The highest BCUT2D eigenvalue weighted by Crippen LogP contribution is 2.42. The van der Waals surface area contributed by atoms with E-state index < -0.39 is 0 Å². The summed E-state index contributed by atoms with van der Waals surface area (Å²) in [6.07, 6.45) is 4.57. The summed E-state index contributed by atoms with van der Waals surface area (Å²) in [5.41, 5.74) is 2.61. The molecule has 2 rings (SSSR count). The predicted molar refractivity (Wildman–Crippen MR) is 85.4 cm³/mol. The van der Waals surface area contributed by atoms with E-state index in [2.05, 4.69) is 38.7 Å². The van der Waals surface area contributed by atoms with Crippen molar-refractivity contribution in [2.75, 3.05) is 13.1 Å². The third-order valence-corrected chi connectivity index (χ3v) is 4.81. The van der Waals surface area contributed by atoms with Crippen LogP contribution in [0.25, 0.3) is 0 Å². The minimum atomic E-state index is 0.108. The Morgan fingerprint density at radius 1 is 1.20 bits per heavy atom. The molecule has 0 saturated heterocycles. The van der Waals surface area contributed by atoms with Crippen LogP contribution in [0, 0.1) is 0 Å². The van der Waals surface area contributed by atoms with Gasteiger partial charge in [0.25, 0.3) is 0 Å². The Morgan fingerprint density at radius 3 is 2.45 bits per heavy atom. The Bertz CT molecular complexity index is 447. The average Bonchev–Trinajstić information content (AvgIpc) is 2.40. The monoisotopic (exact) mass is 275 g/mol. The van der Waals surface area contributed by atoms with Gasteiger partial charge in [0, 0.05) is 11.5 Å². The van der Waals surface area contributed by atoms with Crippen LogP contribution in [-0.2, 0) is 11.8 Å². The van der Waals surface area contributed by atoms with Gasteiger partial charge in [-0.1, -0.05) is 39.8 Å². The van der Waals surface area contributed by atoms with Gasteiger partial charge in [-0.2, -0.15) is 0 Å². The average molecular weight is 275 g/mol. The summed E-state index contributed by atoms with van der Waals surface area (Å²) in [5, 5.41) is 10.1. The topological polar surface area (TPSA) is 23.5 Å². The van der Waals surface area contributed by atoms with Crippen molar-refractivity contribution in [3.05, 3.63) is 29.3 Å². The van der Waals surface area contributed by atoms with Crippen molar-refractivity contribution in [2.45, 2.75) is 64.8 Å². The highest BCUT2D eigenvalue weighted by atomic mass is 16.3. The molecule has 112 valence electrons. The molecule has 1 aromatic rings. The van der Waals surface area contributed by atoms with E-state index in [9.17, 15) is 5.11 Å². The fourth-order valence-corrected chi connectivity index (χ4v) is 3.90. The van der Waals surface area contributed by atoms with Crippen molar-refractivity contribution in [3.63, 3.8) is 0 Å². The second-order valence-electron chi connectivity index (χ2n) is 6.62. The Kier molecular flexibility index (Phi) is 4.74. The summed E-state index contributed by atoms with van der Waals surface area (Å²) in [7, 11) is 0. The first-order valence-electron chi connectivity index (χ1n) is 8.07. The molecular weight excluding hydrogens is 246 g/mol. The van der Waals surface area contributed by atoms with Crippen molar-refractivity contribution in [2.24, 2.45) is 0 Å². The lowest BCUT2D eigenvalue weighted by molar-refractivity contribution is 0.115. The highest BCUT2D eigenvalue weighted by molar-refractivity contribution is 5.46. The van der Waals surface area contributed by atoms with Crippen LogP contribution in [0.5, 0.6) is 5.75 Å². The van der Waals surface area contributed by atoms with E-state index in [1.807, 2.05) is 12.1 Å². The van der Waals surface area contributed by atoms with Crippen molar-refractivity contribution >= 4 is 0 Å². The lowest BCUT2D eigenvalue weighted by atomic mass is 9.68. The number of hydrogen-bond acceptors (Lipinski definition) is 2. The van der Waals surface area contributed by atoms with Crippen LogP contribution in [0.1, 0.15) is 58.1 Å². The molecule has 0 aliphatic heterocycles. The molecule has 0 saturated carbocycles. The van der Waals surface area contributed by atoms with E-state index in [-0.39, 0.29) is 5.41 Å². The van der Waals surface area contributed by atoms with Crippen molar-refractivity contribution in [3.8, 4) is 5.75 Å². The number of fused-ring (bicyclic) bond motifs is 1. The van der Waals surface area contributed by atoms with E-state index >= 15 is 0 Å². The van der Waals surface area contributed by atoms with E-state index in [1.165, 1.54) is 37.1 Å². The lowest BCUT2D eigenvalue weighted by Gasteiger charge is -2.46. The van der Waals surface area contributed by atoms with E-state index in [4.69, 9.17) is 0 Å². The zero-order chi connectivity index (χ0) is 14.8. The molecule has 0 radical (unpaired) electrons. The molecule has 1 N–H and O–H groups in total. The van der Waals surface area contributed by atoms with Crippen LogP contribution >= 0.6 is 0 Å². The normalized spacial score (nSPS) is 20.9. The molecule has 0 bridgehead atoms. The van der Waals surface area contributed by atoms with Gasteiger partial charge in [0.15, 0.2) is 0 Å². The minimum Gasteiger partial charge on any atom is -0.508 e. The van der Waals surface area contributed by atoms with Crippen molar-refractivity contribution < 1.29 is 5.11 Å². The maximum Gasteiger partial charge on any atom is 0.119 e. The molecule has 0 aromatic heterocycles. The Morgan fingerprint density at radius 2 is 1.85 bits per heavy atom. The van der Waals surface area contributed by atoms with E-state index in [0.717, 1.165) is 12.8 Å². The molecule has 1 atom stereocenters. The summed E-state index contributed by atoms with van der Waals surface area (Å²) < 4.78 is 0. The summed E-state index contributed by atoms with van der Waals surface area (Å²) in [6.45, 7) is 11.6. The van der Waals surface area contributed by atoms with Gasteiger partial charge in [-0.15, -0.1) is 0 Å². The van der Waals surface area contributed by atoms with Crippen LogP contribution in [0.3, 0.4) is 0 Å². The van der Waals surface area contributed by atoms with Gasteiger partial charge < -0.3 is 5.11 Å². The van der Waals surface area contributed by atoms with Gasteiger partial charge in [-0.25, -0.2) is 0 Å². The van der Waals surface area contributed by atoms with Gasteiger partial charge in [-0.3, -0.25) is 4.90 Å². The number of aromatic hydroxyl groups is 1. The molecule has 0 unspecified atom stereocenters. The van der Waals surface area contributed by atoms with Crippen LogP contribution in [0.15, 0.2) is 18.2 Å². The number of rotatable bonds is 5. The second-order valence-corrected chi connectivity index (χ2v) is 6.62. The molecule has 2 nitrogen and oxygen atoms in total. The quantitative estimate of drug-likeness (QED) is 0.874. The van der Waals surface area contributed by atoms with E-state index in [0.29, 0.717) is 11.8 Å². The largest absolute Gasteiger partial charge is 0.508 e. The zero-order valence-corrected chi connectivity index (χ0v) is 13.4. The maximum absolute atomic E-state index is 10.1. The predicted octanol–water partition coefficient (Wildman–Crippen LogP) is 4.11. The molecule has 1 aliphatic carbocycles. The molecule has 20 heavy (non-hydrogen) atoms. The fraction of sp³-hybridized carbons (Fsp3) is 0.667. The Balaban J connectivity index is 2.34. The number of benzene rings is 1. The molecule has 0 heterocycles. The van der Waals surface area contributed by atoms with Gasteiger partial charge >= 0.3 is 0 Å². The number of phenols is 1. The first kappa shape index (κ1) is 15.4. The minimum absolute atomic E-state index is 0.108. The van der Waals surface area contributed by atoms with Gasteiger partial charge in [0.05, 0.1) is 0 Å². The Hall–Kier alpha value is -1.02. The lowest BCUT2D eigenvalue weighted by Crippen LogP contribution is -2.50. The second kappa shape index (κ2) is 6.17. The zero-order valence-electron chi connectivity index (χ0n) is 13.4. The SMILES string of the molecule is CCCN(CCC)[C@H]1CCc2c(O)cccc2C1(C)C. The first-order valence-corrected chi connectivity index (χ1v) is 8.07. The van der Waals surface area contributed by atoms with Gasteiger partial charge in [0.1, 0.15) is 5.75 Å². The Labute approximate surface area is 123 Å². The van der Waals surface area contributed by atoms with Crippen molar-refractivity contribution in [1.29, 1.82) is 0 Å². The molecule has 0 amide bonds. The molecule has 1 aliphatic rings. The number of hydrogen-bond donors (Lipinski definition) is 1. The van der Waals surface area contributed by atoms with E-state index in [1.54, 1.807) is 0 Å². The van der Waals surface area contributed by atoms with Crippen LogP contribution in [0.2, 0.25) is 0 Å². The van der Waals surface area contributed by atoms with Crippen LogP contribution in [-0.4, -0.2) is 29.1 Å². The summed E-state index contributed by atoms with van der Waals surface area (Å²) in [6, 6.07) is 6.60. The number of phenolic OH excluding ortho intramolecular Hbond substituents is 1. The molecular formula is C18H29NO. The summed E-state index contributed by atoms with van der Waals surface area (Å²) >= 11 is 0. The molecule has 0 fully saturated rings. The fourth-order valence-electron chi connectivity index (χ4n) is 3.90. The summed E-state index contributed by atoms with van der Waals surface area (Å²) in [4.78, 5) is 2.66. The molecule has 1 aromatic carbocycles. The van der Waals surface area contributed by atoms with Gasteiger partial charge in [-0.05, 0) is 56.0 Å². The van der Waals surface area contributed by atoms with Crippen LogP contribution < -0.4 is 0 Å². The molecule has 2 heteroatoms. The third-order valence-electron chi connectivity index (χ3n) is 4.81. The summed E-state index contributed by atoms with van der Waals surface area (Å²) in [5.74, 6) is 0.478. The smallest absolute Gasteiger partial charge is 0.119 e. The highest BCUT2D eigenvalue weighted by Gasteiger charge is 2.40. The van der Waals surface area contributed by atoms with Gasteiger partial charge in [0.2, 0.25) is 0 Å².